The predicted octanol–water partition coefficient (Wildman–Crippen LogP) is 3.79. The van der Waals surface area contributed by atoms with Crippen molar-refractivity contribution in [2.24, 2.45) is 0 Å². The van der Waals surface area contributed by atoms with Gasteiger partial charge in [0.2, 0.25) is 11.8 Å². The fourth-order valence-corrected chi connectivity index (χ4v) is 3.94. The van der Waals surface area contributed by atoms with Gasteiger partial charge in [-0.3, -0.25) is 9.59 Å². The van der Waals surface area contributed by atoms with Gasteiger partial charge in [-0.05, 0) is 23.8 Å². The molecule has 1 aliphatic rings. The molecule has 1 atom stereocenters. The van der Waals surface area contributed by atoms with Gasteiger partial charge in [0.15, 0.2) is 16.6 Å². The lowest BCUT2D eigenvalue weighted by atomic mass is 10.0. The van der Waals surface area contributed by atoms with Crippen LogP contribution in [0.15, 0.2) is 53.9 Å². The zero-order valence-corrected chi connectivity index (χ0v) is 17.2. The minimum atomic E-state index is -0.402. The molecule has 0 radical (unpaired) electrons. The first-order valence-electron chi connectivity index (χ1n) is 9.56. The number of nitrogens with one attached hydrogen (secondary N) is 2. The van der Waals surface area contributed by atoms with Gasteiger partial charge in [0.1, 0.15) is 13.2 Å². The summed E-state index contributed by atoms with van der Waals surface area (Å²) in [5, 5.41) is 8.04. The monoisotopic (exact) mass is 423 g/mol. The zero-order chi connectivity index (χ0) is 20.9. The van der Waals surface area contributed by atoms with Crippen LogP contribution in [-0.2, 0) is 9.59 Å². The van der Waals surface area contributed by atoms with Crippen molar-refractivity contribution < 1.29 is 19.1 Å². The molecule has 3 aromatic rings. The van der Waals surface area contributed by atoms with Crippen LogP contribution < -0.4 is 20.1 Å². The van der Waals surface area contributed by atoms with Crippen molar-refractivity contribution in [2.45, 2.75) is 19.4 Å². The maximum atomic E-state index is 12.6. The third-order valence-electron chi connectivity index (χ3n) is 4.56. The van der Waals surface area contributed by atoms with Gasteiger partial charge in [-0.2, -0.15) is 0 Å². The van der Waals surface area contributed by atoms with E-state index in [1.165, 1.54) is 18.3 Å². The predicted molar refractivity (Wildman–Crippen MR) is 115 cm³/mol. The molecule has 8 heteroatoms. The second-order valence-electron chi connectivity index (χ2n) is 6.81. The molecular formula is C22H21N3O4S. The highest BCUT2D eigenvalue weighted by Crippen LogP contribution is 2.35. The van der Waals surface area contributed by atoms with Crippen LogP contribution in [0.3, 0.4) is 0 Å². The second kappa shape index (κ2) is 8.96. The molecule has 2 N–H and O–H groups in total. The number of carbonyl (C=O) groups excluding carboxylic acids is 2. The largest absolute Gasteiger partial charge is 0.486 e. The number of anilines is 1. The zero-order valence-electron chi connectivity index (χ0n) is 16.4. The number of ether oxygens (including phenoxy) is 2. The standard InChI is InChI=1S/C22H21N3O4S/c1-14(26)23-17(15-5-3-2-4-6-15)12-21(27)25-22-24-18(13-30-22)16-7-8-19-20(11-16)29-10-9-28-19/h2-8,11,13,17H,9-10,12H2,1H3,(H,23,26)(H,24,25,27). The van der Waals surface area contributed by atoms with Gasteiger partial charge in [0, 0.05) is 17.9 Å². The van der Waals surface area contributed by atoms with Crippen LogP contribution >= 0.6 is 11.3 Å². The van der Waals surface area contributed by atoms with E-state index in [4.69, 9.17) is 9.47 Å². The van der Waals surface area contributed by atoms with Crippen LogP contribution in [0.25, 0.3) is 11.3 Å². The van der Waals surface area contributed by atoms with Gasteiger partial charge in [-0.25, -0.2) is 4.98 Å². The molecule has 0 aliphatic carbocycles. The Balaban J connectivity index is 1.44. The summed E-state index contributed by atoms with van der Waals surface area (Å²) in [6.45, 7) is 2.50. The van der Waals surface area contributed by atoms with Gasteiger partial charge < -0.3 is 20.1 Å². The highest BCUT2D eigenvalue weighted by Gasteiger charge is 2.18. The minimum absolute atomic E-state index is 0.114. The maximum Gasteiger partial charge on any atom is 0.228 e. The van der Waals surface area contributed by atoms with Crippen molar-refractivity contribution in [2.75, 3.05) is 18.5 Å². The average Bonchev–Trinajstić information content (AvgIpc) is 3.21. The molecular weight excluding hydrogens is 402 g/mol. The Morgan fingerprint density at radius 3 is 2.63 bits per heavy atom. The van der Waals surface area contributed by atoms with Crippen LogP contribution in [-0.4, -0.2) is 30.0 Å². The van der Waals surface area contributed by atoms with E-state index in [0.717, 1.165) is 22.6 Å². The molecule has 1 aromatic heterocycles. The lowest BCUT2D eigenvalue weighted by Gasteiger charge is -2.18. The molecule has 1 unspecified atom stereocenters. The molecule has 0 saturated heterocycles. The number of thiazole rings is 1. The van der Waals surface area contributed by atoms with Crippen molar-refractivity contribution >= 4 is 28.3 Å². The van der Waals surface area contributed by atoms with E-state index >= 15 is 0 Å². The number of carbonyl (C=O) groups is 2. The summed E-state index contributed by atoms with van der Waals surface area (Å²) in [4.78, 5) is 28.7. The Labute approximate surface area is 178 Å². The smallest absolute Gasteiger partial charge is 0.228 e. The lowest BCUT2D eigenvalue weighted by Crippen LogP contribution is -2.29. The van der Waals surface area contributed by atoms with E-state index in [2.05, 4.69) is 15.6 Å². The van der Waals surface area contributed by atoms with E-state index < -0.39 is 6.04 Å². The molecule has 1 aliphatic heterocycles. The molecule has 2 amide bonds. The first-order chi connectivity index (χ1) is 14.6. The number of amides is 2. The summed E-state index contributed by atoms with van der Waals surface area (Å²) in [5.41, 5.74) is 2.50. The lowest BCUT2D eigenvalue weighted by molar-refractivity contribution is -0.120. The second-order valence-corrected chi connectivity index (χ2v) is 7.67. The maximum absolute atomic E-state index is 12.6. The SMILES string of the molecule is CC(=O)NC(CC(=O)Nc1nc(-c2ccc3c(c2)OCCO3)cs1)c1ccccc1. The van der Waals surface area contributed by atoms with E-state index in [1.807, 2.05) is 53.9 Å². The van der Waals surface area contributed by atoms with Gasteiger partial charge >= 0.3 is 0 Å². The third kappa shape index (κ3) is 4.77. The first kappa shape index (κ1) is 19.9. The van der Waals surface area contributed by atoms with Crippen LogP contribution in [0.2, 0.25) is 0 Å². The molecule has 30 heavy (non-hydrogen) atoms. The number of fused-ring (bicyclic) bond motifs is 1. The van der Waals surface area contributed by atoms with Gasteiger partial charge in [-0.15, -0.1) is 11.3 Å². The highest BCUT2D eigenvalue weighted by molar-refractivity contribution is 7.14. The fourth-order valence-electron chi connectivity index (χ4n) is 3.21. The topological polar surface area (TPSA) is 89.6 Å². The molecule has 0 fully saturated rings. The minimum Gasteiger partial charge on any atom is -0.486 e. The highest BCUT2D eigenvalue weighted by atomic mass is 32.1. The molecule has 2 heterocycles. The van der Waals surface area contributed by atoms with E-state index in [0.29, 0.717) is 24.1 Å². The Morgan fingerprint density at radius 2 is 1.87 bits per heavy atom. The number of hydrogen-bond acceptors (Lipinski definition) is 6. The number of rotatable bonds is 6. The number of aromatic nitrogens is 1. The first-order valence-corrected chi connectivity index (χ1v) is 10.4. The summed E-state index contributed by atoms with van der Waals surface area (Å²) in [5.74, 6) is 1.00. The van der Waals surface area contributed by atoms with E-state index in [9.17, 15) is 9.59 Å². The van der Waals surface area contributed by atoms with Crippen molar-refractivity contribution in [3.05, 3.63) is 59.5 Å². The summed E-state index contributed by atoms with van der Waals surface area (Å²) in [7, 11) is 0. The van der Waals surface area contributed by atoms with Crippen LogP contribution in [0, 0.1) is 0 Å². The normalized spacial score (nSPS) is 13.4. The Morgan fingerprint density at radius 1 is 1.10 bits per heavy atom. The molecule has 2 aromatic carbocycles. The Kier molecular flexibility index (Phi) is 5.94. The van der Waals surface area contributed by atoms with Crippen LogP contribution in [0.5, 0.6) is 11.5 Å². The molecule has 0 bridgehead atoms. The van der Waals surface area contributed by atoms with Crippen LogP contribution in [0.1, 0.15) is 24.9 Å². The average molecular weight is 423 g/mol. The summed E-state index contributed by atoms with van der Waals surface area (Å²) in [6, 6.07) is 14.7. The van der Waals surface area contributed by atoms with E-state index in [-0.39, 0.29) is 18.2 Å². The summed E-state index contributed by atoms with van der Waals surface area (Å²) >= 11 is 1.34. The van der Waals surface area contributed by atoms with Gasteiger partial charge in [0.05, 0.1) is 18.2 Å². The number of nitrogens with zero attached hydrogens (tertiary/aromatic N) is 1. The molecule has 4 rings (SSSR count). The summed E-state index contributed by atoms with van der Waals surface area (Å²) < 4.78 is 11.2. The molecule has 0 spiro atoms. The Bertz CT molecular complexity index is 1050. The van der Waals surface area contributed by atoms with Crippen LogP contribution in [0.4, 0.5) is 5.13 Å². The molecule has 154 valence electrons. The number of benzene rings is 2. The fraction of sp³-hybridized carbons (Fsp3) is 0.227. The summed E-state index contributed by atoms with van der Waals surface area (Å²) in [6.07, 6.45) is 0.114. The Hall–Kier alpha value is -3.39. The van der Waals surface area contributed by atoms with Gasteiger partial charge in [0.25, 0.3) is 0 Å². The van der Waals surface area contributed by atoms with Crippen molar-refractivity contribution in [3.8, 4) is 22.8 Å². The molecule has 7 nitrogen and oxygen atoms in total. The van der Waals surface area contributed by atoms with E-state index in [1.54, 1.807) is 0 Å². The number of hydrogen-bond donors (Lipinski definition) is 2. The third-order valence-corrected chi connectivity index (χ3v) is 5.32. The molecule has 0 saturated carbocycles. The van der Waals surface area contributed by atoms with Crippen molar-refractivity contribution in [1.29, 1.82) is 0 Å². The van der Waals surface area contributed by atoms with Gasteiger partial charge in [-0.1, -0.05) is 30.3 Å². The van der Waals surface area contributed by atoms with Crippen molar-refractivity contribution in [3.63, 3.8) is 0 Å². The quantitative estimate of drug-likeness (QED) is 0.630. The van der Waals surface area contributed by atoms with Crippen molar-refractivity contribution in [1.82, 2.24) is 10.3 Å².